The number of benzene rings is 1. The lowest BCUT2D eigenvalue weighted by Gasteiger charge is -2.08. The van der Waals surface area contributed by atoms with Crippen LogP contribution in [-0.4, -0.2) is 9.91 Å². The SMILES string of the molecule is N#Cc1ccnc(Oc2cc(F)c([N+](=O)[O-])cc2F)c1Cl. The van der Waals surface area contributed by atoms with Gasteiger partial charge in [0.25, 0.3) is 0 Å². The van der Waals surface area contributed by atoms with Crippen molar-refractivity contribution in [3.8, 4) is 17.7 Å². The van der Waals surface area contributed by atoms with Gasteiger partial charge < -0.3 is 4.74 Å². The largest absolute Gasteiger partial charge is 0.434 e. The molecule has 0 bridgehead atoms. The van der Waals surface area contributed by atoms with E-state index in [4.69, 9.17) is 21.6 Å². The Kier molecular flexibility index (Phi) is 3.95. The standard InChI is InChI=1S/C12H4ClF2N3O3/c13-11-6(5-16)1-2-17-12(11)21-10-4-7(14)9(18(19)20)3-8(10)15/h1-4H. The highest BCUT2D eigenvalue weighted by Crippen LogP contribution is 2.33. The smallest absolute Gasteiger partial charge is 0.307 e. The first-order chi connectivity index (χ1) is 9.93. The second-order valence-electron chi connectivity index (χ2n) is 3.68. The van der Waals surface area contributed by atoms with E-state index in [-0.39, 0.29) is 16.5 Å². The van der Waals surface area contributed by atoms with Crippen LogP contribution in [0.15, 0.2) is 24.4 Å². The van der Waals surface area contributed by atoms with Crippen molar-refractivity contribution < 1.29 is 18.4 Å². The molecule has 0 N–H and O–H groups in total. The number of rotatable bonds is 3. The molecule has 2 rings (SSSR count). The normalized spacial score (nSPS) is 10.0. The zero-order valence-corrected chi connectivity index (χ0v) is 10.8. The van der Waals surface area contributed by atoms with Crippen molar-refractivity contribution >= 4 is 17.3 Å². The lowest BCUT2D eigenvalue weighted by atomic mass is 10.2. The molecule has 0 aliphatic heterocycles. The van der Waals surface area contributed by atoms with E-state index >= 15 is 0 Å². The summed E-state index contributed by atoms with van der Waals surface area (Å²) in [6.45, 7) is 0. The zero-order valence-electron chi connectivity index (χ0n) is 10.0. The highest BCUT2D eigenvalue weighted by atomic mass is 35.5. The lowest BCUT2D eigenvalue weighted by molar-refractivity contribution is -0.387. The van der Waals surface area contributed by atoms with E-state index in [1.807, 2.05) is 0 Å². The predicted octanol–water partition coefficient (Wildman–Crippen LogP) is 3.59. The molecule has 0 atom stereocenters. The summed E-state index contributed by atoms with van der Waals surface area (Å²) >= 11 is 5.80. The van der Waals surface area contributed by atoms with Gasteiger partial charge in [0.15, 0.2) is 11.6 Å². The molecular formula is C12H4ClF2N3O3. The molecule has 1 aromatic heterocycles. The number of nitro benzene ring substituents is 1. The average molecular weight is 312 g/mol. The predicted molar refractivity (Wildman–Crippen MR) is 67.0 cm³/mol. The summed E-state index contributed by atoms with van der Waals surface area (Å²) in [5.74, 6) is -3.39. The first kappa shape index (κ1) is 14.6. The van der Waals surface area contributed by atoms with Crippen LogP contribution in [0.3, 0.4) is 0 Å². The van der Waals surface area contributed by atoms with Crippen molar-refractivity contribution in [3.63, 3.8) is 0 Å². The summed E-state index contributed by atoms with van der Waals surface area (Å²) in [5, 5.41) is 19.1. The Balaban J connectivity index is 2.44. The maximum Gasteiger partial charge on any atom is 0.307 e. The number of nitro groups is 1. The number of ether oxygens (including phenoxy) is 1. The van der Waals surface area contributed by atoms with Crippen molar-refractivity contribution in [2.45, 2.75) is 0 Å². The molecule has 1 heterocycles. The van der Waals surface area contributed by atoms with Gasteiger partial charge in [0.1, 0.15) is 11.1 Å². The molecule has 0 spiro atoms. The van der Waals surface area contributed by atoms with Crippen molar-refractivity contribution in [1.82, 2.24) is 4.98 Å². The molecule has 0 amide bonds. The number of halogens is 3. The fourth-order valence-corrected chi connectivity index (χ4v) is 1.62. The van der Waals surface area contributed by atoms with Crippen LogP contribution in [-0.2, 0) is 0 Å². The van der Waals surface area contributed by atoms with Crippen LogP contribution in [0.5, 0.6) is 11.6 Å². The van der Waals surface area contributed by atoms with Crippen molar-refractivity contribution in [3.05, 3.63) is 56.7 Å². The second-order valence-corrected chi connectivity index (χ2v) is 4.06. The van der Waals surface area contributed by atoms with E-state index in [0.717, 1.165) is 0 Å². The van der Waals surface area contributed by atoms with Crippen LogP contribution in [0.1, 0.15) is 5.56 Å². The molecular weight excluding hydrogens is 308 g/mol. The first-order valence-corrected chi connectivity index (χ1v) is 5.67. The summed E-state index contributed by atoms with van der Waals surface area (Å²) in [7, 11) is 0. The Morgan fingerprint density at radius 3 is 2.71 bits per heavy atom. The summed E-state index contributed by atoms with van der Waals surface area (Å²) in [6.07, 6.45) is 1.19. The molecule has 9 heteroatoms. The Hall–Kier alpha value is -2.79. The molecule has 0 aliphatic carbocycles. The Morgan fingerprint density at radius 1 is 1.38 bits per heavy atom. The zero-order chi connectivity index (χ0) is 15.6. The minimum absolute atomic E-state index is 0.0319. The van der Waals surface area contributed by atoms with Gasteiger partial charge in [-0.15, -0.1) is 0 Å². The van der Waals surface area contributed by atoms with Crippen LogP contribution < -0.4 is 4.74 Å². The van der Waals surface area contributed by atoms with Crippen LogP contribution in [0, 0.1) is 33.1 Å². The maximum atomic E-state index is 13.7. The monoisotopic (exact) mass is 311 g/mol. The van der Waals surface area contributed by atoms with Crippen LogP contribution in [0.25, 0.3) is 0 Å². The molecule has 21 heavy (non-hydrogen) atoms. The molecule has 0 radical (unpaired) electrons. The minimum Gasteiger partial charge on any atom is -0.434 e. The third-order valence-corrected chi connectivity index (χ3v) is 2.75. The van der Waals surface area contributed by atoms with Gasteiger partial charge in [-0.25, -0.2) is 9.37 Å². The van der Waals surface area contributed by atoms with E-state index in [9.17, 15) is 18.9 Å². The summed E-state index contributed by atoms with van der Waals surface area (Å²) < 4.78 is 32.1. The van der Waals surface area contributed by atoms with Gasteiger partial charge in [0.05, 0.1) is 16.6 Å². The highest BCUT2D eigenvalue weighted by Gasteiger charge is 2.21. The number of nitrogens with zero attached hydrogens (tertiary/aromatic N) is 3. The lowest BCUT2D eigenvalue weighted by Crippen LogP contribution is -1.98. The van der Waals surface area contributed by atoms with Gasteiger partial charge in [-0.1, -0.05) is 11.6 Å². The molecule has 0 aliphatic rings. The van der Waals surface area contributed by atoms with E-state index in [1.165, 1.54) is 12.3 Å². The highest BCUT2D eigenvalue weighted by molar-refractivity contribution is 6.33. The van der Waals surface area contributed by atoms with Gasteiger partial charge in [0, 0.05) is 12.3 Å². The van der Waals surface area contributed by atoms with Gasteiger partial charge in [0.2, 0.25) is 11.7 Å². The van der Waals surface area contributed by atoms with Crippen molar-refractivity contribution in [2.24, 2.45) is 0 Å². The van der Waals surface area contributed by atoms with Crippen LogP contribution in [0.2, 0.25) is 5.02 Å². The van der Waals surface area contributed by atoms with Crippen molar-refractivity contribution in [2.75, 3.05) is 0 Å². The maximum absolute atomic E-state index is 13.7. The summed E-state index contributed by atoms with van der Waals surface area (Å²) in [5.41, 5.74) is -0.992. The number of nitriles is 1. The second kappa shape index (κ2) is 5.68. The number of hydrogen-bond donors (Lipinski definition) is 0. The van der Waals surface area contributed by atoms with Crippen LogP contribution in [0.4, 0.5) is 14.5 Å². The third-order valence-electron chi connectivity index (χ3n) is 2.38. The number of hydrogen-bond acceptors (Lipinski definition) is 5. The molecule has 0 fully saturated rings. The van der Waals surface area contributed by atoms with Gasteiger partial charge >= 0.3 is 5.69 Å². The third kappa shape index (κ3) is 2.88. The fraction of sp³-hybridized carbons (Fsp3) is 0. The van der Waals surface area contributed by atoms with Gasteiger partial charge in [-0.2, -0.15) is 9.65 Å². The molecule has 106 valence electrons. The molecule has 0 unspecified atom stereocenters. The molecule has 0 saturated heterocycles. The fourth-order valence-electron chi connectivity index (χ4n) is 1.42. The molecule has 0 saturated carbocycles. The minimum atomic E-state index is -1.27. The van der Waals surface area contributed by atoms with E-state index < -0.39 is 28.0 Å². The van der Waals surface area contributed by atoms with Crippen LogP contribution >= 0.6 is 11.6 Å². The molecule has 2 aromatic rings. The van der Waals surface area contributed by atoms with E-state index in [1.54, 1.807) is 6.07 Å². The summed E-state index contributed by atoms with van der Waals surface area (Å²) in [6, 6.07) is 3.96. The Labute approximate surface area is 121 Å². The topological polar surface area (TPSA) is 89.0 Å². The van der Waals surface area contributed by atoms with E-state index in [0.29, 0.717) is 12.1 Å². The molecule has 6 nitrogen and oxygen atoms in total. The quantitative estimate of drug-likeness (QED) is 0.638. The average Bonchev–Trinajstić information content (AvgIpc) is 2.44. The first-order valence-electron chi connectivity index (χ1n) is 5.30. The Morgan fingerprint density at radius 2 is 2.10 bits per heavy atom. The number of aromatic nitrogens is 1. The van der Waals surface area contributed by atoms with Crippen molar-refractivity contribution in [1.29, 1.82) is 5.26 Å². The Bertz CT molecular complexity index is 777. The van der Waals surface area contributed by atoms with Gasteiger partial charge in [-0.05, 0) is 6.07 Å². The van der Waals surface area contributed by atoms with E-state index in [2.05, 4.69) is 4.98 Å². The summed E-state index contributed by atoms with van der Waals surface area (Å²) in [4.78, 5) is 13.1. The van der Waals surface area contributed by atoms with Gasteiger partial charge in [-0.3, -0.25) is 10.1 Å². The molecule has 1 aromatic carbocycles. The number of pyridine rings is 1.